The summed E-state index contributed by atoms with van der Waals surface area (Å²) < 4.78 is 4.77. The van der Waals surface area contributed by atoms with Gasteiger partial charge in [0.1, 0.15) is 5.25 Å². The molecule has 2 heterocycles. The number of methoxy groups -OCH3 is 1. The van der Waals surface area contributed by atoms with Crippen LogP contribution in [0.5, 0.6) is 0 Å². The Bertz CT molecular complexity index is 779. The molecular formula is C17H20N4O3S2. The van der Waals surface area contributed by atoms with Gasteiger partial charge in [0.2, 0.25) is 11.1 Å². The summed E-state index contributed by atoms with van der Waals surface area (Å²) in [4.78, 5) is 30.2. The van der Waals surface area contributed by atoms with Crippen molar-refractivity contribution in [2.24, 2.45) is 0 Å². The number of H-pyrrole nitrogens is 1. The first-order valence-electron chi connectivity index (χ1n) is 8.16. The van der Waals surface area contributed by atoms with E-state index in [4.69, 9.17) is 4.74 Å². The molecule has 7 nitrogen and oxygen atoms in total. The van der Waals surface area contributed by atoms with Gasteiger partial charge in [-0.05, 0) is 6.92 Å². The summed E-state index contributed by atoms with van der Waals surface area (Å²) in [5.74, 6) is 1.35. The number of hydrogen-bond acceptors (Lipinski definition) is 7. The lowest BCUT2D eigenvalue weighted by Crippen LogP contribution is -2.45. The van der Waals surface area contributed by atoms with E-state index in [0.29, 0.717) is 24.1 Å². The van der Waals surface area contributed by atoms with Crippen LogP contribution in [0.3, 0.4) is 0 Å². The lowest BCUT2D eigenvalue weighted by atomic mass is 10.1. The number of aromatic nitrogens is 3. The van der Waals surface area contributed by atoms with Crippen LogP contribution in [-0.4, -0.2) is 68.9 Å². The van der Waals surface area contributed by atoms with Crippen molar-refractivity contribution in [1.82, 2.24) is 20.1 Å². The van der Waals surface area contributed by atoms with Crippen LogP contribution in [0, 0.1) is 6.92 Å². The van der Waals surface area contributed by atoms with Gasteiger partial charge in [-0.15, -0.1) is 16.9 Å². The molecule has 0 bridgehead atoms. The highest BCUT2D eigenvalue weighted by Crippen LogP contribution is 2.23. The van der Waals surface area contributed by atoms with Gasteiger partial charge >= 0.3 is 5.97 Å². The number of hydrogen-bond donors (Lipinski definition) is 1. The number of carbonyl (C=O) groups is 2. The molecule has 1 aromatic heterocycles. The summed E-state index contributed by atoms with van der Waals surface area (Å²) in [7, 11) is 1.37. The smallest absolute Gasteiger partial charge is 0.320 e. The third-order valence-corrected chi connectivity index (χ3v) is 5.99. The SMILES string of the molecule is COC(=O)[C@@H]1CN(C(=O)CSc2n[nH]c(-c3ccc(C)cc3)n2)CCS1. The zero-order chi connectivity index (χ0) is 18.5. The molecule has 3 rings (SSSR count). The fourth-order valence-electron chi connectivity index (χ4n) is 2.52. The second-order valence-electron chi connectivity index (χ2n) is 5.84. The average Bonchev–Trinajstić information content (AvgIpc) is 3.15. The molecule has 0 radical (unpaired) electrons. The van der Waals surface area contributed by atoms with Crippen LogP contribution >= 0.6 is 23.5 Å². The van der Waals surface area contributed by atoms with Crippen LogP contribution in [0.2, 0.25) is 0 Å². The molecule has 1 amide bonds. The summed E-state index contributed by atoms with van der Waals surface area (Å²) >= 11 is 2.82. The molecule has 0 spiro atoms. The minimum absolute atomic E-state index is 0.0223. The van der Waals surface area contributed by atoms with Crippen LogP contribution in [0.15, 0.2) is 29.4 Å². The van der Waals surface area contributed by atoms with Crippen molar-refractivity contribution in [3.05, 3.63) is 29.8 Å². The second-order valence-corrected chi connectivity index (χ2v) is 8.10. The Morgan fingerprint density at radius 3 is 2.88 bits per heavy atom. The number of esters is 1. The molecule has 138 valence electrons. The van der Waals surface area contributed by atoms with E-state index in [-0.39, 0.29) is 22.9 Å². The molecule has 0 unspecified atom stereocenters. The van der Waals surface area contributed by atoms with E-state index < -0.39 is 0 Å². The number of nitrogens with zero attached hydrogens (tertiary/aromatic N) is 3. The molecule has 1 aliphatic heterocycles. The second kappa shape index (κ2) is 8.59. The van der Waals surface area contributed by atoms with Crippen molar-refractivity contribution in [2.45, 2.75) is 17.3 Å². The minimum Gasteiger partial charge on any atom is -0.468 e. The summed E-state index contributed by atoms with van der Waals surface area (Å²) in [5, 5.41) is 7.30. The molecule has 0 saturated carbocycles. The first-order valence-corrected chi connectivity index (χ1v) is 10.2. The van der Waals surface area contributed by atoms with Crippen molar-refractivity contribution < 1.29 is 14.3 Å². The highest BCUT2D eigenvalue weighted by atomic mass is 32.2. The maximum Gasteiger partial charge on any atom is 0.320 e. The summed E-state index contributed by atoms with van der Waals surface area (Å²) in [6.07, 6.45) is 0. The molecular weight excluding hydrogens is 372 g/mol. The highest BCUT2D eigenvalue weighted by molar-refractivity contribution is 8.00. The zero-order valence-corrected chi connectivity index (χ0v) is 16.2. The van der Waals surface area contributed by atoms with E-state index in [1.54, 1.807) is 4.90 Å². The van der Waals surface area contributed by atoms with E-state index >= 15 is 0 Å². The van der Waals surface area contributed by atoms with E-state index in [0.717, 1.165) is 11.3 Å². The summed E-state index contributed by atoms with van der Waals surface area (Å²) in [5.41, 5.74) is 2.13. The van der Waals surface area contributed by atoms with Crippen molar-refractivity contribution in [3.8, 4) is 11.4 Å². The molecule has 26 heavy (non-hydrogen) atoms. The fourth-order valence-corrected chi connectivity index (χ4v) is 4.35. The Hall–Kier alpha value is -2.00. The van der Waals surface area contributed by atoms with Crippen LogP contribution in [0.4, 0.5) is 0 Å². The number of ether oxygens (including phenoxy) is 1. The molecule has 1 aromatic carbocycles. The number of benzene rings is 1. The van der Waals surface area contributed by atoms with Gasteiger partial charge in [-0.3, -0.25) is 14.7 Å². The number of aromatic amines is 1. The standard InChI is InChI=1S/C17H20N4O3S2/c1-11-3-5-12(6-4-11)15-18-17(20-19-15)26-10-14(22)21-7-8-25-13(9-21)16(23)24-2/h3-6,13H,7-10H2,1-2H3,(H,18,19,20)/t13-/m0/s1. The largest absolute Gasteiger partial charge is 0.468 e. The molecule has 9 heteroatoms. The fraction of sp³-hybridized carbons (Fsp3) is 0.412. The van der Waals surface area contributed by atoms with Crippen molar-refractivity contribution >= 4 is 35.4 Å². The number of rotatable bonds is 5. The lowest BCUT2D eigenvalue weighted by Gasteiger charge is -2.30. The average molecular weight is 393 g/mol. The highest BCUT2D eigenvalue weighted by Gasteiger charge is 2.29. The third-order valence-electron chi connectivity index (χ3n) is 4.00. The number of nitrogens with one attached hydrogen (secondary N) is 1. The Kier molecular flexibility index (Phi) is 6.20. The van der Waals surface area contributed by atoms with E-state index in [1.807, 2.05) is 31.2 Å². The topological polar surface area (TPSA) is 88.2 Å². The van der Waals surface area contributed by atoms with Gasteiger partial charge in [-0.25, -0.2) is 4.98 Å². The first-order chi connectivity index (χ1) is 12.6. The quantitative estimate of drug-likeness (QED) is 0.615. The zero-order valence-electron chi connectivity index (χ0n) is 14.6. The predicted molar refractivity (Wildman–Crippen MR) is 102 cm³/mol. The Labute approximate surface area is 160 Å². The molecule has 0 aliphatic carbocycles. The maximum absolute atomic E-state index is 12.4. The normalized spacial score (nSPS) is 17.2. The van der Waals surface area contributed by atoms with Gasteiger partial charge in [0.05, 0.1) is 12.9 Å². The lowest BCUT2D eigenvalue weighted by molar-refractivity contribution is -0.141. The van der Waals surface area contributed by atoms with Gasteiger partial charge in [0.25, 0.3) is 0 Å². The molecule has 1 fully saturated rings. The molecule has 1 atom stereocenters. The Morgan fingerprint density at radius 1 is 1.38 bits per heavy atom. The Morgan fingerprint density at radius 2 is 2.15 bits per heavy atom. The van der Waals surface area contributed by atoms with E-state index in [2.05, 4.69) is 15.2 Å². The minimum atomic E-state index is -0.306. The Balaban J connectivity index is 1.55. The molecule has 2 aromatic rings. The van der Waals surface area contributed by atoms with Crippen molar-refractivity contribution in [2.75, 3.05) is 31.7 Å². The van der Waals surface area contributed by atoms with E-state index in [9.17, 15) is 9.59 Å². The maximum atomic E-state index is 12.4. The number of amides is 1. The summed E-state index contributed by atoms with van der Waals surface area (Å²) in [6.45, 7) is 3.06. The van der Waals surface area contributed by atoms with Gasteiger partial charge < -0.3 is 9.64 Å². The molecule has 1 saturated heterocycles. The van der Waals surface area contributed by atoms with E-state index in [1.165, 1.54) is 36.2 Å². The molecule has 1 aliphatic rings. The van der Waals surface area contributed by atoms with Crippen LogP contribution < -0.4 is 0 Å². The van der Waals surface area contributed by atoms with Gasteiger partial charge in [0.15, 0.2) is 5.82 Å². The number of aryl methyl sites for hydroxylation is 1. The van der Waals surface area contributed by atoms with Crippen LogP contribution in [-0.2, 0) is 14.3 Å². The monoisotopic (exact) mass is 392 g/mol. The van der Waals surface area contributed by atoms with Gasteiger partial charge in [0, 0.05) is 24.4 Å². The van der Waals surface area contributed by atoms with Crippen LogP contribution in [0.25, 0.3) is 11.4 Å². The number of carbonyl (C=O) groups excluding carboxylic acids is 2. The van der Waals surface area contributed by atoms with Crippen molar-refractivity contribution in [1.29, 1.82) is 0 Å². The molecule has 1 N–H and O–H groups in total. The van der Waals surface area contributed by atoms with Gasteiger partial charge in [-0.1, -0.05) is 41.6 Å². The summed E-state index contributed by atoms with van der Waals surface area (Å²) in [6, 6.07) is 7.99. The van der Waals surface area contributed by atoms with Gasteiger partial charge in [-0.2, -0.15) is 0 Å². The predicted octanol–water partition coefficient (Wildman–Crippen LogP) is 1.99. The third kappa shape index (κ3) is 4.59. The first kappa shape index (κ1) is 18.8. The van der Waals surface area contributed by atoms with Crippen LogP contribution in [0.1, 0.15) is 5.56 Å². The van der Waals surface area contributed by atoms with Crippen molar-refractivity contribution in [3.63, 3.8) is 0 Å². The number of thioether (sulfide) groups is 2.